The molecule has 0 heterocycles. The lowest BCUT2D eigenvalue weighted by molar-refractivity contribution is -0.129. The summed E-state index contributed by atoms with van der Waals surface area (Å²) in [4.78, 5) is 21.9. The first-order chi connectivity index (χ1) is 5.65. The number of hydrogen-bond donors (Lipinski definition) is 3. The van der Waals surface area contributed by atoms with Gasteiger partial charge in [0.1, 0.15) is 6.04 Å². The summed E-state index contributed by atoms with van der Waals surface area (Å²) in [5.74, 6) is 4.59. The molecule has 1 aliphatic rings. The maximum Gasteiger partial charge on any atom is 0.256 e. The molecule has 1 aliphatic carbocycles. The quantitative estimate of drug-likeness (QED) is 0.286. The second-order valence-corrected chi connectivity index (χ2v) is 3.01. The van der Waals surface area contributed by atoms with Crippen LogP contribution in [0.5, 0.6) is 0 Å². The number of nitrogens with two attached hydrogens (primary N) is 1. The van der Waals surface area contributed by atoms with E-state index in [0.29, 0.717) is 0 Å². The SMILES string of the molecule is CC(NC(=O)C1CC1)C(=O)NN. The third-order valence-electron chi connectivity index (χ3n) is 1.84. The molecule has 4 N–H and O–H groups in total. The Morgan fingerprint density at radius 3 is 2.50 bits per heavy atom. The Bertz CT molecular complexity index is 201. The molecule has 0 aromatic carbocycles. The summed E-state index contributed by atoms with van der Waals surface area (Å²) in [6.45, 7) is 1.60. The second kappa shape index (κ2) is 3.53. The van der Waals surface area contributed by atoms with E-state index in [1.54, 1.807) is 6.92 Å². The van der Waals surface area contributed by atoms with Crippen LogP contribution in [0, 0.1) is 5.92 Å². The van der Waals surface area contributed by atoms with Gasteiger partial charge in [-0.1, -0.05) is 0 Å². The van der Waals surface area contributed by atoms with Crippen LogP contribution in [0.25, 0.3) is 0 Å². The molecule has 1 atom stereocenters. The van der Waals surface area contributed by atoms with Crippen molar-refractivity contribution in [1.29, 1.82) is 0 Å². The molecule has 0 aromatic rings. The van der Waals surface area contributed by atoms with Crippen molar-refractivity contribution in [3.8, 4) is 0 Å². The van der Waals surface area contributed by atoms with Crippen LogP contribution >= 0.6 is 0 Å². The van der Waals surface area contributed by atoms with Gasteiger partial charge >= 0.3 is 0 Å². The van der Waals surface area contributed by atoms with E-state index in [-0.39, 0.29) is 17.7 Å². The Labute approximate surface area is 70.7 Å². The highest BCUT2D eigenvalue weighted by Crippen LogP contribution is 2.28. The van der Waals surface area contributed by atoms with Gasteiger partial charge in [-0.3, -0.25) is 15.0 Å². The largest absolute Gasteiger partial charge is 0.344 e. The van der Waals surface area contributed by atoms with Crippen LogP contribution in [-0.2, 0) is 9.59 Å². The molecule has 1 fully saturated rings. The van der Waals surface area contributed by atoms with E-state index in [1.807, 2.05) is 5.43 Å². The lowest BCUT2D eigenvalue weighted by Gasteiger charge is -2.10. The van der Waals surface area contributed by atoms with Gasteiger partial charge in [-0.15, -0.1) is 0 Å². The predicted octanol–water partition coefficient (Wildman–Crippen LogP) is -1.11. The molecule has 0 radical (unpaired) electrons. The van der Waals surface area contributed by atoms with E-state index in [2.05, 4.69) is 5.32 Å². The molecule has 5 heteroatoms. The third kappa shape index (κ3) is 2.20. The minimum absolute atomic E-state index is 0.0499. The molecule has 68 valence electrons. The van der Waals surface area contributed by atoms with E-state index in [4.69, 9.17) is 5.84 Å². The number of carbonyl (C=O) groups is 2. The third-order valence-corrected chi connectivity index (χ3v) is 1.84. The fraction of sp³-hybridized carbons (Fsp3) is 0.714. The van der Waals surface area contributed by atoms with Crippen molar-refractivity contribution in [3.63, 3.8) is 0 Å². The van der Waals surface area contributed by atoms with Gasteiger partial charge in [-0.25, -0.2) is 5.84 Å². The van der Waals surface area contributed by atoms with Crippen LogP contribution < -0.4 is 16.6 Å². The molecule has 0 spiro atoms. The van der Waals surface area contributed by atoms with Gasteiger partial charge in [0.15, 0.2) is 0 Å². The normalized spacial score (nSPS) is 18.2. The van der Waals surface area contributed by atoms with Gasteiger partial charge < -0.3 is 5.32 Å². The minimum Gasteiger partial charge on any atom is -0.344 e. The molecular formula is C7H13N3O2. The van der Waals surface area contributed by atoms with Crippen LogP contribution in [0.15, 0.2) is 0 Å². The Kier molecular flexibility index (Phi) is 2.65. The molecule has 1 rings (SSSR count). The van der Waals surface area contributed by atoms with Crippen LogP contribution in [0.2, 0.25) is 0 Å². The van der Waals surface area contributed by atoms with Crippen molar-refractivity contribution >= 4 is 11.8 Å². The van der Waals surface area contributed by atoms with E-state index >= 15 is 0 Å². The van der Waals surface area contributed by atoms with Crippen LogP contribution in [0.4, 0.5) is 0 Å². The van der Waals surface area contributed by atoms with Crippen molar-refractivity contribution in [2.75, 3.05) is 0 Å². The highest BCUT2D eigenvalue weighted by molar-refractivity contribution is 5.88. The average Bonchev–Trinajstić information content (AvgIpc) is 2.84. The lowest BCUT2D eigenvalue weighted by atomic mass is 10.3. The summed E-state index contributed by atoms with van der Waals surface area (Å²) >= 11 is 0. The molecule has 12 heavy (non-hydrogen) atoms. The van der Waals surface area contributed by atoms with Crippen LogP contribution in [0.1, 0.15) is 19.8 Å². The zero-order valence-corrected chi connectivity index (χ0v) is 6.96. The average molecular weight is 171 g/mol. The van der Waals surface area contributed by atoms with Crippen molar-refractivity contribution in [1.82, 2.24) is 10.7 Å². The molecule has 1 unspecified atom stereocenters. The first-order valence-electron chi connectivity index (χ1n) is 3.96. The van der Waals surface area contributed by atoms with Crippen molar-refractivity contribution in [3.05, 3.63) is 0 Å². The molecule has 0 bridgehead atoms. The highest BCUT2D eigenvalue weighted by atomic mass is 16.2. The summed E-state index contributed by atoms with van der Waals surface area (Å²) in [6.07, 6.45) is 1.87. The smallest absolute Gasteiger partial charge is 0.256 e. The fourth-order valence-electron chi connectivity index (χ4n) is 0.867. The molecule has 1 saturated carbocycles. The molecule has 0 aromatic heterocycles. The van der Waals surface area contributed by atoms with Gasteiger partial charge in [0.25, 0.3) is 5.91 Å². The molecule has 0 saturated heterocycles. The zero-order chi connectivity index (χ0) is 9.14. The zero-order valence-electron chi connectivity index (χ0n) is 6.96. The van der Waals surface area contributed by atoms with Gasteiger partial charge in [0.2, 0.25) is 5.91 Å². The highest BCUT2D eigenvalue weighted by Gasteiger charge is 2.31. The lowest BCUT2D eigenvalue weighted by Crippen LogP contribution is -2.47. The Morgan fingerprint density at radius 2 is 2.08 bits per heavy atom. The maximum atomic E-state index is 11.1. The van der Waals surface area contributed by atoms with E-state index in [9.17, 15) is 9.59 Å². The summed E-state index contributed by atoms with van der Waals surface area (Å²) in [6, 6.07) is -0.539. The summed E-state index contributed by atoms with van der Waals surface area (Å²) in [7, 11) is 0. The molecule has 2 amide bonds. The van der Waals surface area contributed by atoms with Crippen LogP contribution in [0.3, 0.4) is 0 Å². The van der Waals surface area contributed by atoms with Crippen molar-refractivity contribution < 1.29 is 9.59 Å². The van der Waals surface area contributed by atoms with Gasteiger partial charge in [0, 0.05) is 5.92 Å². The number of hydrogen-bond acceptors (Lipinski definition) is 3. The summed E-state index contributed by atoms with van der Waals surface area (Å²) in [5, 5.41) is 2.56. The van der Waals surface area contributed by atoms with E-state index in [0.717, 1.165) is 12.8 Å². The first-order valence-corrected chi connectivity index (χ1v) is 3.96. The van der Waals surface area contributed by atoms with E-state index < -0.39 is 6.04 Å². The van der Waals surface area contributed by atoms with E-state index in [1.165, 1.54) is 0 Å². The maximum absolute atomic E-state index is 11.1. The standard InChI is InChI=1S/C7H13N3O2/c1-4(6(11)10-8)9-7(12)5-2-3-5/h4-5H,2-3,8H2,1H3,(H,9,12)(H,10,11). The first kappa shape index (κ1) is 8.99. The van der Waals surface area contributed by atoms with Crippen LogP contribution in [-0.4, -0.2) is 17.9 Å². The van der Waals surface area contributed by atoms with Gasteiger partial charge in [-0.05, 0) is 19.8 Å². The fourth-order valence-corrected chi connectivity index (χ4v) is 0.867. The van der Waals surface area contributed by atoms with Crippen molar-refractivity contribution in [2.24, 2.45) is 11.8 Å². The Balaban J connectivity index is 2.29. The second-order valence-electron chi connectivity index (χ2n) is 3.01. The minimum atomic E-state index is -0.539. The molecule has 0 aliphatic heterocycles. The van der Waals surface area contributed by atoms with Crippen molar-refractivity contribution in [2.45, 2.75) is 25.8 Å². The molecule has 5 nitrogen and oxygen atoms in total. The Hall–Kier alpha value is -1.10. The van der Waals surface area contributed by atoms with Gasteiger partial charge in [-0.2, -0.15) is 0 Å². The number of hydrazine groups is 1. The monoisotopic (exact) mass is 171 g/mol. The summed E-state index contributed by atoms with van der Waals surface area (Å²) < 4.78 is 0. The predicted molar refractivity (Wildman–Crippen MR) is 42.7 cm³/mol. The molecular weight excluding hydrogens is 158 g/mol. The number of nitrogens with one attached hydrogen (secondary N) is 2. The summed E-state index contributed by atoms with van der Waals surface area (Å²) in [5.41, 5.74) is 1.98. The number of amides is 2. The van der Waals surface area contributed by atoms with Gasteiger partial charge in [0.05, 0.1) is 0 Å². The number of rotatable bonds is 3. The number of carbonyl (C=O) groups excluding carboxylic acids is 2. The Morgan fingerprint density at radius 1 is 1.50 bits per heavy atom. The topological polar surface area (TPSA) is 84.2 Å².